The minimum atomic E-state index is -0.426. The van der Waals surface area contributed by atoms with Crippen molar-refractivity contribution in [3.8, 4) is 5.75 Å². The van der Waals surface area contributed by atoms with Crippen molar-refractivity contribution in [3.05, 3.63) is 47.4 Å². The molecule has 1 aromatic carbocycles. The lowest BCUT2D eigenvalue weighted by atomic mass is 10.2. The quantitative estimate of drug-likeness (QED) is 0.663. The molecule has 2 aromatic rings. The minimum absolute atomic E-state index is 0.0106. The van der Waals surface area contributed by atoms with Crippen LogP contribution >= 0.6 is 11.6 Å². The van der Waals surface area contributed by atoms with Crippen molar-refractivity contribution in [2.24, 2.45) is 0 Å². The molecular weight excluding hydrogens is 266 g/mol. The van der Waals surface area contributed by atoms with Gasteiger partial charge in [0.05, 0.1) is 11.1 Å². The van der Waals surface area contributed by atoms with Gasteiger partial charge in [-0.1, -0.05) is 6.07 Å². The Morgan fingerprint density at radius 3 is 2.74 bits per heavy atom. The van der Waals surface area contributed by atoms with E-state index in [1.54, 1.807) is 31.2 Å². The van der Waals surface area contributed by atoms with Crippen molar-refractivity contribution in [1.29, 1.82) is 0 Å². The number of anilines is 1. The van der Waals surface area contributed by atoms with E-state index in [0.29, 0.717) is 11.4 Å². The molecule has 4 nitrogen and oxygen atoms in total. The molecule has 0 radical (unpaired) electrons. The number of aryl methyl sites for hydroxylation is 1. The van der Waals surface area contributed by atoms with Crippen LogP contribution in [0.25, 0.3) is 0 Å². The molecule has 1 unspecified atom stereocenters. The van der Waals surface area contributed by atoms with Crippen LogP contribution in [0.1, 0.15) is 34.2 Å². The third kappa shape index (κ3) is 3.09. The number of hydrogen-bond donors (Lipinski definition) is 2. The number of carbonyl (C=O) groups is 1. The number of amides is 1. The van der Waals surface area contributed by atoms with Gasteiger partial charge in [-0.3, -0.25) is 4.79 Å². The first kappa shape index (κ1) is 13.5. The fourth-order valence-electron chi connectivity index (χ4n) is 1.62. The van der Waals surface area contributed by atoms with E-state index in [9.17, 15) is 9.90 Å². The van der Waals surface area contributed by atoms with Gasteiger partial charge in [0.1, 0.15) is 11.5 Å². The zero-order valence-corrected chi connectivity index (χ0v) is 11.4. The summed E-state index contributed by atoms with van der Waals surface area (Å²) in [6.07, 6.45) is 0. The lowest BCUT2D eigenvalue weighted by Gasteiger charge is -2.06. The maximum atomic E-state index is 12.0. The number of nitrogens with one attached hydrogen (secondary N) is 1. The first-order valence-corrected chi connectivity index (χ1v) is 6.26. The molecule has 19 heavy (non-hydrogen) atoms. The summed E-state index contributed by atoms with van der Waals surface area (Å²) in [6, 6.07) is 8.17. The Labute approximate surface area is 116 Å². The summed E-state index contributed by atoms with van der Waals surface area (Å²) >= 11 is 5.86. The molecule has 1 heterocycles. The number of halogens is 1. The molecule has 0 fully saturated rings. The fourth-order valence-corrected chi connectivity index (χ4v) is 1.74. The van der Waals surface area contributed by atoms with Crippen molar-refractivity contribution < 1.29 is 14.3 Å². The number of rotatable bonds is 3. The second-order valence-electron chi connectivity index (χ2n) is 4.29. The number of alkyl halides is 1. The molecule has 2 N–H and O–H groups in total. The summed E-state index contributed by atoms with van der Waals surface area (Å²) in [5, 5.41) is 12.0. The smallest absolute Gasteiger partial charge is 0.291 e. The molecule has 0 bridgehead atoms. The number of benzene rings is 1. The van der Waals surface area contributed by atoms with Crippen LogP contribution in [0.4, 0.5) is 5.69 Å². The van der Waals surface area contributed by atoms with Crippen molar-refractivity contribution >= 4 is 23.2 Å². The van der Waals surface area contributed by atoms with Crippen LogP contribution in [0.5, 0.6) is 5.75 Å². The summed E-state index contributed by atoms with van der Waals surface area (Å²) in [6.45, 7) is 3.63. The largest absolute Gasteiger partial charge is 0.506 e. The van der Waals surface area contributed by atoms with Gasteiger partial charge in [-0.25, -0.2) is 0 Å². The molecule has 1 atom stereocenters. The fraction of sp³-hybridized carbons (Fsp3) is 0.214. The topological polar surface area (TPSA) is 62.5 Å². The molecule has 5 heteroatoms. The molecule has 1 amide bonds. The third-order valence-electron chi connectivity index (χ3n) is 2.64. The van der Waals surface area contributed by atoms with E-state index in [2.05, 4.69) is 5.32 Å². The lowest BCUT2D eigenvalue weighted by molar-refractivity contribution is 0.0994. The lowest BCUT2D eigenvalue weighted by Crippen LogP contribution is -2.11. The molecule has 2 rings (SSSR count). The summed E-state index contributed by atoms with van der Waals surface area (Å²) in [5.74, 6) is 0.268. The summed E-state index contributed by atoms with van der Waals surface area (Å²) in [4.78, 5) is 12.0. The van der Waals surface area contributed by atoms with E-state index in [1.807, 2.05) is 6.92 Å². The van der Waals surface area contributed by atoms with E-state index < -0.39 is 5.91 Å². The van der Waals surface area contributed by atoms with Crippen LogP contribution in [-0.2, 0) is 0 Å². The third-order valence-corrected chi connectivity index (χ3v) is 2.86. The first-order chi connectivity index (χ1) is 8.97. The zero-order chi connectivity index (χ0) is 14.0. The molecule has 0 aliphatic heterocycles. The van der Waals surface area contributed by atoms with E-state index in [1.165, 1.54) is 6.07 Å². The molecule has 0 aliphatic carbocycles. The molecular formula is C14H14ClNO3. The molecule has 100 valence electrons. The van der Waals surface area contributed by atoms with Crippen LogP contribution in [0.15, 0.2) is 34.7 Å². The van der Waals surface area contributed by atoms with E-state index in [-0.39, 0.29) is 16.9 Å². The van der Waals surface area contributed by atoms with Gasteiger partial charge in [-0.15, -0.1) is 11.6 Å². The standard InChI is InChI=1S/C14H14ClNO3/c1-8-3-4-11(17)10(7-8)16-14(18)13-6-5-12(19-13)9(2)15/h3-7,9,17H,1-2H3,(H,16,18). The molecule has 0 saturated heterocycles. The number of phenols is 1. The SMILES string of the molecule is Cc1ccc(O)c(NC(=O)c2ccc(C(C)Cl)o2)c1. The van der Waals surface area contributed by atoms with Crippen LogP contribution in [0.3, 0.4) is 0 Å². The Kier molecular flexibility index (Phi) is 3.81. The maximum absolute atomic E-state index is 12.0. The van der Waals surface area contributed by atoms with E-state index >= 15 is 0 Å². The number of furan rings is 1. The van der Waals surface area contributed by atoms with Crippen molar-refractivity contribution in [3.63, 3.8) is 0 Å². The van der Waals surface area contributed by atoms with E-state index in [4.69, 9.17) is 16.0 Å². The molecule has 0 spiro atoms. The van der Waals surface area contributed by atoms with Gasteiger partial charge in [0.15, 0.2) is 5.76 Å². The average molecular weight is 280 g/mol. The Hall–Kier alpha value is -1.94. The number of hydrogen-bond acceptors (Lipinski definition) is 3. The Balaban J connectivity index is 2.18. The van der Waals surface area contributed by atoms with Gasteiger partial charge in [-0.2, -0.15) is 0 Å². The number of aromatic hydroxyl groups is 1. The van der Waals surface area contributed by atoms with Crippen molar-refractivity contribution in [1.82, 2.24) is 0 Å². The van der Waals surface area contributed by atoms with Gasteiger partial charge in [-0.05, 0) is 43.7 Å². The van der Waals surface area contributed by atoms with Crippen LogP contribution < -0.4 is 5.32 Å². The van der Waals surface area contributed by atoms with Crippen molar-refractivity contribution in [2.75, 3.05) is 5.32 Å². The monoisotopic (exact) mass is 279 g/mol. The Morgan fingerprint density at radius 1 is 1.37 bits per heavy atom. The van der Waals surface area contributed by atoms with E-state index in [0.717, 1.165) is 5.56 Å². The highest BCUT2D eigenvalue weighted by atomic mass is 35.5. The van der Waals surface area contributed by atoms with Crippen LogP contribution in [0, 0.1) is 6.92 Å². The predicted molar refractivity (Wildman–Crippen MR) is 73.8 cm³/mol. The maximum Gasteiger partial charge on any atom is 0.291 e. The second kappa shape index (κ2) is 5.36. The predicted octanol–water partition coefficient (Wildman–Crippen LogP) is 3.85. The highest BCUT2D eigenvalue weighted by molar-refractivity contribution is 6.20. The number of carbonyl (C=O) groups excluding carboxylic acids is 1. The first-order valence-electron chi connectivity index (χ1n) is 5.82. The van der Waals surface area contributed by atoms with Gasteiger partial charge < -0.3 is 14.8 Å². The highest BCUT2D eigenvalue weighted by Gasteiger charge is 2.15. The Morgan fingerprint density at radius 2 is 2.11 bits per heavy atom. The van der Waals surface area contributed by atoms with Gasteiger partial charge in [0, 0.05) is 0 Å². The van der Waals surface area contributed by atoms with Crippen molar-refractivity contribution in [2.45, 2.75) is 19.2 Å². The van der Waals surface area contributed by atoms with Crippen LogP contribution in [-0.4, -0.2) is 11.0 Å². The van der Waals surface area contributed by atoms with Gasteiger partial charge >= 0.3 is 0 Å². The molecule has 0 aliphatic rings. The minimum Gasteiger partial charge on any atom is -0.506 e. The number of phenolic OH excluding ortho intramolecular Hbond substituents is 1. The highest BCUT2D eigenvalue weighted by Crippen LogP contribution is 2.26. The van der Waals surface area contributed by atoms with Gasteiger partial charge in [0.25, 0.3) is 5.91 Å². The van der Waals surface area contributed by atoms with Crippen LogP contribution in [0.2, 0.25) is 0 Å². The zero-order valence-electron chi connectivity index (χ0n) is 10.6. The molecule has 1 aromatic heterocycles. The molecule has 0 saturated carbocycles. The summed E-state index contributed by atoms with van der Waals surface area (Å²) in [7, 11) is 0. The second-order valence-corrected chi connectivity index (χ2v) is 4.95. The Bertz CT molecular complexity index is 604. The van der Waals surface area contributed by atoms with Gasteiger partial charge in [0.2, 0.25) is 0 Å². The summed E-state index contributed by atoms with van der Waals surface area (Å²) < 4.78 is 5.32. The average Bonchev–Trinajstić information content (AvgIpc) is 2.83. The normalized spacial score (nSPS) is 12.2. The summed E-state index contributed by atoms with van der Waals surface area (Å²) in [5.41, 5.74) is 1.28.